The van der Waals surface area contributed by atoms with Crippen LogP contribution in [0.4, 0.5) is 0 Å². The first-order valence-electron chi connectivity index (χ1n) is 7.29. The molecular weight excluding hydrogens is 294 g/mol. The number of ether oxygens (including phenoxy) is 2. The number of aromatic amines is 1. The number of aromatic nitrogens is 1. The third kappa shape index (κ3) is 2.90. The zero-order valence-corrected chi connectivity index (χ0v) is 13.2. The summed E-state index contributed by atoms with van der Waals surface area (Å²) in [5.74, 6) is 1.07. The Morgan fingerprint density at radius 2 is 1.91 bits per heavy atom. The van der Waals surface area contributed by atoms with Gasteiger partial charge in [-0.2, -0.15) is 0 Å². The van der Waals surface area contributed by atoms with E-state index in [4.69, 9.17) is 9.47 Å². The Labute approximate surface area is 133 Å². The normalized spacial score (nSPS) is 13.3. The lowest BCUT2D eigenvalue weighted by molar-refractivity contribution is 0.103. The number of Topliss-reactive ketones (excluding diaryl/α,β-unsaturated/α-hetero) is 1. The fraction of sp³-hybridized carbons (Fsp3) is 0.222. The quantitative estimate of drug-likeness (QED) is 0.699. The zero-order valence-electron chi connectivity index (χ0n) is 13.2. The molecule has 1 aromatic heterocycles. The highest BCUT2D eigenvalue weighted by Gasteiger charge is 2.17. The Bertz CT molecular complexity index is 877. The topological polar surface area (TPSA) is 68.4 Å². The number of hydrogen-bond donors (Lipinski definition) is 1. The van der Waals surface area contributed by atoms with E-state index in [1.807, 2.05) is 12.1 Å². The van der Waals surface area contributed by atoms with Crippen molar-refractivity contribution in [1.82, 2.24) is 4.98 Å². The number of H-pyrrole nitrogens is 1. The first-order chi connectivity index (χ1) is 11.0. The summed E-state index contributed by atoms with van der Waals surface area (Å²) in [7, 11) is 0. The molecule has 2 heterocycles. The van der Waals surface area contributed by atoms with Crippen molar-refractivity contribution < 1.29 is 14.3 Å². The molecule has 1 aliphatic rings. The third-order valence-corrected chi connectivity index (χ3v) is 3.73. The summed E-state index contributed by atoms with van der Waals surface area (Å²) in [6, 6.07) is 7.25. The molecule has 118 valence electrons. The van der Waals surface area contributed by atoms with Crippen molar-refractivity contribution in [3.05, 3.63) is 62.6 Å². The van der Waals surface area contributed by atoms with E-state index in [2.05, 4.69) is 4.98 Å². The lowest BCUT2D eigenvalue weighted by atomic mass is 9.99. The summed E-state index contributed by atoms with van der Waals surface area (Å²) in [5.41, 5.74) is 2.55. The summed E-state index contributed by atoms with van der Waals surface area (Å²) in [4.78, 5) is 27.3. The highest BCUT2D eigenvalue weighted by molar-refractivity contribution is 6.11. The summed E-state index contributed by atoms with van der Waals surface area (Å²) in [6.45, 7) is 5.46. The molecule has 0 fully saturated rings. The molecule has 0 radical (unpaired) electrons. The molecule has 5 heteroatoms. The molecular formula is C18H17NO4. The molecule has 0 aliphatic carbocycles. The van der Waals surface area contributed by atoms with E-state index in [1.165, 1.54) is 0 Å². The second-order valence-electron chi connectivity index (χ2n) is 5.61. The number of ketones is 1. The molecule has 1 aliphatic heterocycles. The molecule has 1 N–H and O–H groups in total. The van der Waals surface area contributed by atoms with E-state index in [0.29, 0.717) is 22.6 Å². The van der Waals surface area contributed by atoms with Crippen molar-refractivity contribution in [1.29, 1.82) is 0 Å². The molecule has 1 aromatic carbocycles. The smallest absolute Gasteiger partial charge is 0.259 e. The van der Waals surface area contributed by atoms with Crippen molar-refractivity contribution in [2.45, 2.75) is 20.8 Å². The maximum atomic E-state index is 12.6. The van der Waals surface area contributed by atoms with E-state index in [0.717, 1.165) is 11.3 Å². The van der Waals surface area contributed by atoms with Crippen LogP contribution in [0, 0.1) is 13.8 Å². The van der Waals surface area contributed by atoms with Gasteiger partial charge in [0.15, 0.2) is 17.3 Å². The standard InChI is InChI=1S/C18H17NO4/c1-10-6-12(3)19-18(21)16(10)17(20)11(2)7-13-4-5-14-15(8-13)23-9-22-14/h4-8H,9H2,1-3H3,(H,19,21)/b11-7+. The average molecular weight is 311 g/mol. The molecule has 0 atom stereocenters. The number of rotatable bonds is 3. The van der Waals surface area contributed by atoms with Crippen LogP contribution in [0.2, 0.25) is 0 Å². The van der Waals surface area contributed by atoms with E-state index in [9.17, 15) is 9.59 Å². The van der Waals surface area contributed by atoms with Crippen LogP contribution in [0.15, 0.2) is 34.6 Å². The number of benzene rings is 1. The van der Waals surface area contributed by atoms with Gasteiger partial charge in [0, 0.05) is 5.69 Å². The van der Waals surface area contributed by atoms with Crippen LogP contribution in [0.25, 0.3) is 6.08 Å². The Morgan fingerprint density at radius 1 is 1.17 bits per heavy atom. The Hall–Kier alpha value is -2.82. The second-order valence-corrected chi connectivity index (χ2v) is 5.61. The van der Waals surface area contributed by atoms with Crippen molar-refractivity contribution >= 4 is 11.9 Å². The summed E-state index contributed by atoms with van der Waals surface area (Å²) < 4.78 is 10.6. The Morgan fingerprint density at radius 3 is 2.65 bits per heavy atom. The summed E-state index contributed by atoms with van der Waals surface area (Å²) >= 11 is 0. The highest BCUT2D eigenvalue weighted by atomic mass is 16.7. The number of aryl methyl sites for hydroxylation is 2. The predicted molar refractivity (Wildman–Crippen MR) is 87.1 cm³/mol. The second kappa shape index (κ2) is 5.76. The van der Waals surface area contributed by atoms with E-state index >= 15 is 0 Å². The van der Waals surface area contributed by atoms with E-state index in [-0.39, 0.29) is 23.7 Å². The molecule has 3 rings (SSSR count). The Kier molecular flexibility index (Phi) is 3.78. The number of fused-ring (bicyclic) bond motifs is 1. The van der Waals surface area contributed by atoms with Gasteiger partial charge < -0.3 is 14.5 Å². The predicted octanol–water partition coefficient (Wildman–Crippen LogP) is 3.01. The minimum Gasteiger partial charge on any atom is -0.454 e. The maximum Gasteiger partial charge on any atom is 0.259 e. The SMILES string of the molecule is C/C(=C\c1ccc2c(c1)OCO2)C(=O)c1c(C)cc(C)[nH]c1=O. The highest BCUT2D eigenvalue weighted by Crippen LogP contribution is 2.33. The first kappa shape index (κ1) is 15.1. The number of pyridine rings is 1. The zero-order chi connectivity index (χ0) is 16.6. The molecule has 23 heavy (non-hydrogen) atoms. The summed E-state index contributed by atoms with van der Waals surface area (Å²) in [6.07, 6.45) is 1.74. The van der Waals surface area contributed by atoms with Gasteiger partial charge in [-0.3, -0.25) is 9.59 Å². The first-order valence-corrected chi connectivity index (χ1v) is 7.29. The molecule has 5 nitrogen and oxygen atoms in total. The molecule has 0 amide bonds. The van der Waals surface area contributed by atoms with Gasteiger partial charge in [-0.25, -0.2) is 0 Å². The molecule has 0 bridgehead atoms. The molecule has 0 unspecified atom stereocenters. The van der Waals surface area contributed by atoms with E-state index < -0.39 is 0 Å². The minimum atomic E-state index is -0.356. The number of carbonyl (C=O) groups excluding carboxylic acids is 1. The van der Waals surface area contributed by atoms with Gasteiger partial charge in [0.2, 0.25) is 6.79 Å². The molecule has 0 saturated carbocycles. The number of hydrogen-bond acceptors (Lipinski definition) is 4. The van der Waals surface area contributed by atoms with Gasteiger partial charge in [0.1, 0.15) is 0 Å². The van der Waals surface area contributed by atoms with Crippen LogP contribution < -0.4 is 15.0 Å². The van der Waals surface area contributed by atoms with Gasteiger partial charge in [0.25, 0.3) is 5.56 Å². The fourth-order valence-corrected chi connectivity index (χ4v) is 2.65. The van der Waals surface area contributed by atoms with Crippen LogP contribution in [0.1, 0.15) is 34.1 Å². The van der Waals surface area contributed by atoms with Crippen LogP contribution in [-0.2, 0) is 0 Å². The monoisotopic (exact) mass is 311 g/mol. The van der Waals surface area contributed by atoms with Crippen LogP contribution >= 0.6 is 0 Å². The minimum absolute atomic E-state index is 0.185. The molecule has 0 saturated heterocycles. The lowest BCUT2D eigenvalue weighted by Gasteiger charge is -2.06. The van der Waals surface area contributed by atoms with Crippen molar-refractivity contribution in [2.24, 2.45) is 0 Å². The van der Waals surface area contributed by atoms with Gasteiger partial charge >= 0.3 is 0 Å². The van der Waals surface area contributed by atoms with Gasteiger partial charge in [0.05, 0.1) is 5.56 Å². The Balaban J connectivity index is 1.95. The van der Waals surface area contributed by atoms with Crippen LogP contribution in [0.5, 0.6) is 11.5 Å². The average Bonchev–Trinajstić information content (AvgIpc) is 2.93. The van der Waals surface area contributed by atoms with Crippen molar-refractivity contribution in [3.8, 4) is 11.5 Å². The van der Waals surface area contributed by atoms with Gasteiger partial charge in [-0.15, -0.1) is 0 Å². The van der Waals surface area contributed by atoms with E-state index in [1.54, 1.807) is 39.0 Å². The number of nitrogens with one attached hydrogen (secondary N) is 1. The van der Waals surface area contributed by atoms with Gasteiger partial charge in [-0.1, -0.05) is 6.07 Å². The number of carbonyl (C=O) groups is 1. The number of allylic oxidation sites excluding steroid dienone is 1. The summed E-state index contributed by atoms with van der Waals surface area (Å²) in [5, 5.41) is 0. The lowest BCUT2D eigenvalue weighted by Crippen LogP contribution is -2.21. The largest absolute Gasteiger partial charge is 0.454 e. The van der Waals surface area contributed by atoms with Crippen molar-refractivity contribution in [3.63, 3.8) is 0 Å². The fourth-order valence-electron chi connectivity index (χ4n) is 2.65. The third-order valence-electron chi connectivity index (χ3n) is 3.73. The maximum absolute atomic E-state index is 12.6. The van der Waals surface area contributed by atoms with Crippen molar-refractivity contribution in [2.75, 3.05) is 6.79 Å². The van der Waals surface area contributed by atoms with Crippen LogP contribution in [-0.4, -0.2) is 17.6 Å². The molecule has 0 spiro atoms. The van der Waals surface area contributed by atoms with Gasteiger partial charge in [-0.05, 0) is 61.7 Å². The molecule has 2 aromatic rings. The van der Waals surface area contributed by atoms with Crippen LogP contribution in [0.3, 0.4) is 0 Å².